The van der Waals surface area contributed by atoms with Crippen LogP contribution in [0.1, 0.15) is 17.0 Å². The molecule has 0 aliphatic rings. The summed E-state index contributed by atoms with van der Waals surface area (Å²) in [5.41, 5.74) is 7.64. The summed E-state index contributed by atoms with van der Waals surface area (Å²) in [7, 11) is 0. The maximum atomic E-state index is 8.36. The first-order valence-corrected chi connectivity index (χ1v) is 3.55. The molecular formula is C6H11N5O3. The Balaban J connectivity index is 0.000000364. The summed E-state index contributed by atoms with van der Waals surface area (Å²) in [5.74, 6) is 0.0729. The number of aromatic nitrogens is 2. The van der Waals surface area contributed by atoms with Gasteiger partial charge in [-0.05, 0) is 13.8 Å². The van der Waals surface area contributed by atoms with Crippen LogP contribution in [0.3, 0.4) is 0 Å². The number of nitrogen functional groups attached to an aromatic ring is 1. The van der Waals surface area contributed by atoms with E-state index in [0.29, 0.717) is 0 Å². The van der Waals surface area contributed by atoms with Crippen LogP contribution >= 0.6 is 0 Å². The SMILES string of the molecule is Cc1n[nH]c(C)c1C(=N)N.O=[N+]([O-])O. The number of nitrogens with one attached hydrogen (secondary N) is 2. The number of hydrogen-bond acceptors (Lipinski definition) is 4. The van der Waals surface area contributed by atoms with E-state index in [1.807, 2.05) is 13.8 Å². The number of hydrogen-bond donors (Lipinski definition) is 4. The molecule has 0 bridgehead atoms. The molecule has 14 heavy (non-hydrogen) atoms. The Bertz CT molecular complexity index is 322. The fourth-order valence-corrected chi connectivity index (χ4v) is 0.948. The van der Waals surface area contributed by atoms with E-state index in [1.54, 1.807) is 0 Å². The van der Waals surface area contributed by atoms with E-state index in [4.69, 9.17) is 26.5 Å². The predicted molar refractivity (Wildman–Crippen MR) is 47.9 cm³/mol. The molecule has 0 spiro atoms. The highest BCUT2D eigenvalue weighted by atomic mass is 16.9. The topological polar surface area (TPSA) is 142 Å². The van der Waals surface area contributed by atoms with Crippen LogP contribution in [0.25, 0.3) is 0 Å². The van der Waals surface area contributed by atoms with Crippen molar-refractivity contribution >= 4 is 5.84 Å². The van der Waals surface area contributed by atoms with Crippen LogP contribution in [0.4, 0.5) is 0 Å². The summed E-state index contributed by atoms with van der Waals surface area (Å²) in [6.07, 6.45) is 0. The average molecular weight is 201 g/mol. The fourth-order valence-electron chi connectivity index (χ4n) is 0.948. The van der Waals surface area contributed by atoms with Gasteiger partial charge in [0.25, 0.3) is 5.09 Å². The quantitative estimate of drug-likeness (QED) is 0.218. The molecule has 0 aliphatic heterocycles. The van der Waals surface area contributed by atoms with Crippen LogP contribution in [-0.2, 0) is 0 Å². The van der Waals surface area contributed by atoms with E-state index in [1.165, 1.54) is 0 Å². The molecule has 0 fully saturated rings. The number of aryl methyl sites for hydroxylation is 2. The lowest BCUT2D eigenvalue weighted by molar-refractivity contribution is -0.742. The molecule has 0 unspecified atom stereocenters. The second kappa shape index (κ2) is 4.80. The van der Waals surface area contributed by atoms with Gasteiger partial charge in [-0.1, -0.05) is 0 Å². The number of nitrogens with two attached hydrogens (primary N) is 1. The molecule has 0 atom stereocenters. The van der Waals surface area contributed by atoms with E-state index in [9.17, 15) is 0 Å². The lowest BCUT2D eigenvalue weighted by Crippen LogP contribution is -2.12. The molecule has 0 saturated carbocycles. The molecule has 1 aromatic heterocycles. The van der Waals surface area contributed by atoms with Gasteiger partial charge >= 0.3 is 0 Å². The van der Waals surface area contributed by atoms with Gasteiger partial charge in [0.1, 0.15) is 5.84 Å². The Hall–Kier alpha value is -2.12. The third-order valence-electron chi connectivity index (χ3n) is 1.40. The minimum absolute atomic E-state index is 0.0729. The molecule has 1 heterocycles. The minimum atomic E-state index is -1.50. The Labute approximate surface area is 79.4 Å². The zero-order chi connectivity index (χ0) is 11.3. The first kappa shape index (κ1) is 11.9. The van der Waals surface area contributed by atoms with Crippen molar-refractivity contribution in [1.82, 2.24) is 10.2 Å². The monoisotopic (exact) mass is 201 g/mol. The van der Waals surface area contributed by atoms with Crippen molar-refractivity contribution in [3.8, 4) is 0 Å². The Morgan fingerprint density at radius 2 is 2.14 bits per heavy atom. The van der Waals surface area contributed by atoms with Crippen LogP contribution in [0.15, 0.2) is 0 Å². The summed E-state index contributed by atoms with van der Waals surface area (Å²) in [6, 6.07) is 0. The smallest absolute Gasteiger partial charge is 0.291 e. The molecule has 1 aromatic rings. The third-order valence-corrected chi connectivity index (χ3v) is 1.40. The fraction of sp³-hybridized carbons (Fsp3) is 0.333. The first-order valence-electron chi connectivity index (χ1n) is 3.55. The van der Waals surface area contributed by atoms with E-state index >= 15 is 0 Å². The Morgan fingerprint density at radius 3 is 2.29 bits per heavy atom. The van der Waals surface area contributed by atoms with Crippen molar-refractivity contribution in [2.45, 2.75) is 13.8 Å². The molecule has 0 aromatic carbocycles. The van der Waals surface area contributed by atoms with E-state index < -0.39 is 5.09 Å². The maximum Gasteiger partial charge on any atom is 0.291 e. The van der Waals surface area contributed by atoms with Gasteiger partial charge in [0.2, 0.25) is 0 Å². The summed E-state index contributed by atoms with van der Waals surface area (Å²) < 4.78 is 0. The number of amidine groups is 1. The summed E-state index contributed by atoms with van der Waals surface area (Å²) in [5, 5.41) is 27.4. The number of H-pyrrole nitrogens is 1. The molecule has 0 radical (unpaired) electrons. The molecule has 5 N–H and O–H groups in total. The molecular weight excluding hydrogens is 190 g/mol. The number of rotatable bonds is 1. The maximum absolute atomic E-state index is 8.36. The van der Waals surface area contributed by atoms with Crippen LogP contribution in [0, 0.1) is 29.4 Å². The van der Waals surface area contributed by atoms with Crippen LogP contribution in [-0.4, -0.2) is 26.3 Å². The normalized spacial score (nSPS) is 8.71. The van der Waals surface area contributed by atoms with Gasteiger partial charge in [-0.3, -0.25) is 10.5 Å². The Kier molecular flexibility index (Phi) is 4.07. The van der Waals surface area contributed by atoms with Crippen molar-refractivity contribution < 1.29 is 10.3 Å². The summed E-state index contributed by atoms with van der Waals surface area (Å²) in [4.78, 5) is 8.36. The van der Waals surface area contributed by atoms with E-state index in [-0.39, 0.29) is 5.84 Å². The van der Waals surface area contributed by atoms with Crippen LogP contribution in [0.2, 0.25) is 0 Å². The van der Waals surface area contributed by atoms with Crippen molar-refractivity contribution in [3.05, 3.63) is 27.1 Å². The average Bonchev–Trinajstić information content (AvgIpc) is 2.29. The third kappa shape index (κ3) is 3.52. The number of aromatic amines is 1. The second-order valence-electron chi connectivity index (χ2n) is 2.46. The second-order valence-corrected chi connectivity index (χ2v) is 2.46. The van der Waals surface area contributed by atoms with Crippen LogP contribution < -0.4 is 5.73 Å². The van der Waals surface area contributed by atoms with Crippen molar-refractivity contribution in [2.24, 2.45) is 5.73 Å². The largest absolute Gasteiger partial charge is 0.384 e. The lowest BCUT2D eigenvalue weighted by Gasteiger charge is -1.94. The van der Waals surface area contributed by atoms with Crippen molar-refractivity contribution in [3.63, 3.8) is 0 Å². The van der Waals surface area contributed by atoms with Gasteiger partial charge in [0.15, 0.2) is 0 Å². The summed E-state index contributed by atoms with van der Waals surface area (Å²) in [6.45, 7) is 3.66. The van der Waals surface area contributed by atoms with Gasteiger partial charge < -0.3 is 10.9 Å². The van der Waals surface area contributed by atoms with Crippen molar-refractivity contribution in [1.29, 1.82) is 5.41 Å². The van der Waals surface area contributed by atoms with Gasteiger partial charge in [-0.2, -0.15) is 5.10 Å². The highest BCUT2D eigenvalue weighted by Crippen LogP contribution is 2.06. The molecule has 8 nitrogen and oxygen atoms in total. The van der Waals surface area contributed by atoms with Crippen molar-refractivity contribution in [2.75, 3.05) is 0 Å². The van der Waals surface area contributed by atoms with Gasteiger partial charge in [-0.25, -0.2) is 0 Å². The summed E-state index contributed by atoms with van der Waals surface area (Å²) >= 11 is 0. The van der Waals surface area contributed by atoms with Gasteiger partial charge in [0.05, 0.1) is 11.3 Å². The van der Waals surface area contributed by atoms with Gasteiger partial charge in [0, 0.05) is 5.69 Å². The standard InChI is InChI=1S/C6H10N4.HNO3/c1-3-5(6(7)8)4(2)10-9-3;2-1(3)4/h1-2H3,(H3,7,8)(H,9,10);(H,2,3,4). The molecule has 78 valence electrons. The minimum Gasteiger partial charge on any atom is -0.384 e. The zero-order valence-corrected chi connectivity index (χ0v) is 7.74. The zero-order valence-electron chi connectivity index (χ0n) is 7.74. The van der Waals surface area contributed by atoms with Gasteiger partial charge in [-0.15, -0.1) is 10.1 Å². The highest BCUT2D eigenvalue weighted by molar-refractivity contribution is 5.96. The first-order chi connectivity index (χ1) is 6.36. The van der Waals surface area contributed by atoms with E-state index in [2.05, 4.69) is 10.2 Å². The molecule has 1 rings (SSSR count). The molecule has 0 saturated heterocycles. The highest BCUT2D eigenvalue weighted by Gasteiger charge is 2.07. The number of nitrogens with zero attached hydrogens (tertiary/aromatic N) is 2. The predicted octanol–water partition coefficient (Wildman–Crippen LogP) is -0.0371. The lowest BCUT2D eigenvalue weighted by atomic mass is 10.2. The van der Waals surface area contributed by atoms with E-state index in [0.717, 1.165) is 17.0 Å². The van der Waals surface area contributed by atoms with Crippen LogP contribution in [0.5, 0.6) is 0 Å². The Morgan fingerprint density at radius 1 is 1.71 bits per heavy atom. The molecule has 0 amide bonds. The molecule has 8 heteroatoms. The molecule has 0 aliphatic carbocycles.